The Morgan fingerprint density at radius 2 is 2.12 bits per heavy atom. The SMILES string of the molecule is Clc1cc(Br)cnc1N1CCC2CCCCC21. The van der Waals surface area contributed by atoms with Crippen LogP contribution in [0.3, 0.4) is 0 Å². The van der Waals surface area contributed by atoms with Gasteiger partial charge >= 0.3 is 0 Å². The van der Waals surface area contributed by atoms with Crippen molar-refractivity contribution in [2.75, 3.05) is 11.4 Å². The molecule has 0 radical (unpaired) electrons. The number of hydrogen-bond donors (Lipinski definition) is 0. The lowest BCUT2D eigenvalue weighted by Crippen LogP contribution is -2.35. The Kier molecular flexibility index (Phi) is 3.31. The van der Waals surface area contributed by atoms with Gasteiger partial charge in [0.2, 0.25) is 0 Å². The molecule has 1 saturated carbocycles. The van der Waals surface area contributed by atoms with Gasteiger partial charge in [-0.25, -0.2) is 4.98 Å². The standard InChI is InChI=1S/C13H16BrClN2/c14-10-7-11(15)13(16-8-10)17-6-5-9-3-1-2-4-12(9)17/h7-9,12H,1-6H2. The number of nitrogens with zero attached hydrogens (tertiary/aromatic N) is 2. The topological polar surface area (TPSA) is 16.1 Å². The van der Waals surface area contributed by atoms with E-state index in [2.05, 4.69) is 25.8 Å². The largest absolute Gasteiger partial charge is 0.352 e. The third-order valence-corrected chi connectivity index (χ3v) is 4.78. The van der Waals surface area contributed by atoms with Crippen LogP contribution in [0.25, 0.3) is 0 Å². The van der Waals surface area contributed by atoms with Gasteiger partial charge in [-0.3, -0.25) is 0 Å². The average molecular weight is 316 g/mol. The van der Waals surface area contributed by atoms with Gasteiger partial charge in [-0.1, -0.05) is 24.4 Å². The van der Waals surface area contributed by atoms with Crippen LogP contribution < -0.4 is 4.90 Å². The summed E-state index contributed by atoms with van der Waals surface area (Å²) in [4.78, 5) is 6.93. The number of hydrogen-bond acceptors (Lipinski definition) is 2. The minimum absolute atomic E-state index is 0.676. The molecular formula is C13H16BrClN2. The zero-order valence-electron chi connectivity index (χ0n) is 9.70. The molecule has 2 heterocycles. The highest BCUT2D eigenvalue weighted by Gasteiger charge is 2.36. The second kappa shape index (κ2) is 4.77. The van der Waals surface area contributed by atoms with Crippen molar-refractivity contribution in [2.45, 2.75) is 38.1 Å². The van der Waals surface area contributed by atoms with Gasteiger partial charge in [-0.05, 0) is 47.2 Å². The van der Waals surface area contributed by atoms with Crippen LogP contribution in [-0.4, -0.2) is 17.6 Å². The van der Waals surface area contributed by atoms with Gasteiger partial charge in [-0.15, -0.1) is 0 Å². The first kappa shape index (κ1) is 11.8. The summed E-state index contributed by atoms with van der Waals surface area (Å²) in [6, 6.07) is 2.62. The second-order valence-electron chi connectivity index (χ2n) is 5.05. The third-order valence-electron chi connectivity index (χ3n) is 4.07. The van der Waals surface area contributed by atoms with Gasteiger partial charge in [0.15, 0.2) is 0 Å². The fourth-order valence-electron chi connectivity index (χ4n) is 3.29. The number of halogens is 2. The quantitative estimate of drug-likeness (QED) is 0.769. The summed E-state index contributed by atoms with van der Waals surface area (Å²) in [5.74, 6) is 1.84. The summed E-state index contributed by atoms with van der Waals surface area (Å²) in [5.41, 5.74) is 0. The fraction of sp³-hybridized carbons (Fsp3) is 0.615. The first-order chi connectivity index (χ1) is 8.25. The van der Waals surface area contributed by atoms with E-state index in [4.69, 9.17) is 11.6 Å². The zero-order valence-corrected chi connectivity index (χ0v) is 12.0. The Hall–Kier alpha value is -0.280. The van der Waals surface area contributed by atoms with Gasteiger partial charge in [0.25, 0.3) is 0 Å². The van der Waals surface area contributed by atoms with Crippen molar-refractivity contribution in [1.82, 2.24) is 4.98 Å². The number of pyridine rings is 1. The predicted molar refractivity (Wildman–Crippen MR) is 74.7 cm³/mol. The van der Waals surface area contributed by atoms with E-state index in [1.807, 2.05) is 12.3 Å². The first-order valence-electron chi connectivity index (χ1n) is 6.33. The minimum Gasteiger partial charge on any atom is -0.352 e. The maximum absolute atomic E-state index is 6.31. The fourth-order valence-corrected chi connectivity index (χ4v) is 4.03. The normalized spacial score (nSPS) is 28.2. The van der Waals surface area contributed by atoms with Crippen molar-refractivity contribution < 1.29 is 0 Å². The van der Waals surface area contributed by atoms with Crippen LogP contribution in [-0.2, 0) is 0 Å². The van der Waals surface area contributed by atoms with E-state index in [0.717, 1.165) is 27.8 Å². The Morgan fingerprint density at radius 3 is 2.94 bits per heavy atom. The summed E-state index contributed by atoms with van der Waals surface area (Å²) in [7, 11) is 0. The van der Waals surface area contributed by atoms with E-state index < -0.39 is 0 Å². The summed E-state index contributed by atoms with van der Waals surface area (Å²) >= 11 is 9.71. The zero-order chi connectivity index (χ0) is 11.8. The molecule has 2 aliphatic rings. The van der Waals surface area contributed by atoms with Crippen LogP contribution in [0, 0.1) is 5.92 Å². The Balaban J connectivity index is 1.88. The molecule has 2 fully saturated rings. The molecule has 0 bridgehead atoms. The Labute approximate surface area is 115 Å². The van der Waals surface area contributed by atoms with Crippen molar-refractivity contribution in [3.63, 3.8) is 0 Å². The maximum Gasteiger partial charge on any atom is 0.147 e. The Bertz CT molecular complexity index is 424. The first-order valence-corrected chi connectivity index (χ1v) is 7.50. The van der Waals surface area contributed by atoms with Crippen molar-refractivity contribution in [2.24, 2.45) is 5.92 Å². The number of fused-ring (bicyclic) bond motifs is 1. The van der Waals surface area contributed by atoms with Crippen LogP contribution in [0.1, 0.15) is 32.1 Å². The highest BCUT2D eigenvalue weighted by atomic mass is 79.9. The molecule has 1 aromatic heterocycles. The molecule has 2 nitrogen and oxygen atoms in total. The van der Waals surface area contributed by atoms with Crippen molar-refractivity contribution >= 4 is 33.3 Å². The highest BCUT2D eigenvalue weighted by Crippen LogP contribution is 2.40. The van der Waals surface area contributed by atoms with Crippen LogP contribution in [0.2, 0.25) is 5.02 Å². The predicted octanol–water partition coefficient (Wildman–Crippen LogP) is 4.27. The molecule has 92 valence electrons. The molecule has 1 aromatic rings. The monoisotopic (exact) mass is 314 g/mol. The van der Waals surface area contributed by atoms with Crippen molar-refractivity contribution in [1.29, 1.82) is 0 Å². The molecule has 4 heteroatoms. The molecule has 0 N–H and O–H groups in total. The molecule has 1 aliphatic heterocycles. The van der Waals surface area contributed by atoms with E-state index >= 15 is 0 Å². The van der Waals surface area contributed by atoms with E-state index in [0.29, 0.717) is 6.04 Å². The van der Waals surface area contributed by atoms with E-state index in [9.17, 15) is 0 Å². The molecule has 0 amide bonds. The lowest BCUT2D eigenvalue weighted by molar-refractivity contribution is 0.341. The highest BCUT2D eigenvalue weighted by molar-refractivity contribution is 9.10. The summed E-state index contributed by atoms with van der Waals surface area (Å²) in [5, 5.41) is 0.769. The molecule has 1 saturated heterocycles. The van der Waals surface area contributed by atoms with E-state index in [1.165, 1.54) is 32.1 Å². The lowest BCUT2D eigenvalue weighted by atomic mass is 9.85. The van der Waals surface area contributed by atoms with E-state index in [-0.39, 0.29) is 0 Å². The summed E-state index contributed by atoms with van der Waals surface area (Å²) < 4.78 is 0.950. The van der Waals surface area contributed by atoms with Crippen LogP contribution >= 0.6 is 27.5 Å². The van der Waals surface area contributed by atoms with Crippen molar-refractivity contribution in [3.05, 3.63) is 21.8 Å². The third kappa shape index (κ3) is 2.19. The van der Waals surface area contributed by atoms with Crippen LogP contribution in [0.15, 0.2) is 16.7 Å². The summed E-state index contributed by atoms with van der Waals surface area (Å²) in [6.07, 6.45) is 8.59. The van der Waals surface area contributed by atoms with Crippen LogP contribution in [0.4, 0.5) is 5.82 Å². The Morgan fingerprint density at radius 1 is 1.29 bits per heavy atom. The van der Waals surface area contributed by atoms with Gasteiger partial charge in [0.1, 0.15) is 5.82 Å². The minimum atomic E-state index is 0.676. The molecule has 17 heavy (non-hydrogen) atoms. The molecule has 1 aliphatic carbocycles. The second-order valence-corrected chi connectivity index (χ2v) is 6.38. The summed E-state index contributed by atoms with van der Waals surface area (Å²) in [6.45, 7) is 1.11. The number of aromatic nitrogens is 1. The van der Waals surface area contributed by atoms with Gasteiger partial charge in [0.05, 0.1) is 5.02 Å². The molecule has 2 unspecified atom stereocenters. The van der Waals surface area contributed by atoms with Crippen LogP contribution in [0.5, 0.6) is 0 Å². The number of rotatable bonds is 1. The van der Waals surface area contributed by atoms with E-state index in [1.54, 1.807) is 0 Å². The molecule has 3 rings (SSSR count). The van der Waals surface area contributed by atoms with Gasteiger partial charge < -0.3 is 4.90 Å². The average Bonchev–Trinajstić information content (AvgIpc) is 2.73. The molecule has 0 aromatic carbocycles. The lowest BCUT2D eigenvalue weighted by Gasteiger charge is -2.32. The van der Waals surface area contributed by atoms with Gasteiger partial charge in [0, 0.05) is 23.3 Å². The maximum atomic E-state index is 6.31. The number of anilines is 1. The molecule has 2 atom stereocenters. The molecule has 0 spiro atoms. The van der Waals surface area contributed by atoms with Crippen molar-refractivity contribution in [3.8, 4) is 0 Å². The van der Waals surface area contributed by atoms with Gasteiger partial charge in [-0.2, -0.15) is 0 Å². The molecular weight excluding hydrogens is 300 g/mol. The smallest absolute Gasteiger partial charge is 0.147 e.